The number of hydrogen-bond acceptors (Lipinski definition) is 5. The summed E-state index contributed by atoms with van der Waals surface area (Å²) >= 11 is 0. The zero-order chi connectivity index (χ0) is 21.5. The third kappa shape index (κ3) is 4.27. The second-order valence-corrected chi connectivity index (χ2v) is 6.91. The van der Waals surface area contributed by atoms with Gasteiger partial charge in [0, 0.05) is 12.2 Å². The first-order chi connectivity index (χ1) is 15.2. The zero-order valence-corrected chi connectivity index (χ0v) is 17.2. The Labute approximate surface area is 181 Å². The van der Waals surface area contributed by atoms with Crippen LogP contribution in [0.15, 0.2) is 102 Å². The van der Waals surface area contributed by atoms with Crippen molar-refractivity contribution in [3.8, 4) is 11.3 Å². The van der Waals surface area contributed by atoms with Crippen molar-refractivity contribution in [3.05, 3.63) is 114 Å². The van der Waals surface area contributed by atoms with Crippen LogP contribution in [0.3, 0.4) is 0 Å². The number of oxazole rings is 1. The Kier molecular flexibility index (Phi) is 6.24. The summed E-state index contributed by atoms with van der Waals surface area (Å²) < 4.78 is 17.6. The van der Waals surface area contributed by atoms with Crippen molar-refractivity contribution in [2.45, 2.75) is 19.1 Å². The van der Waals surface area contributed by atoms with Gasteiger partial charge in [0.25, 0.3) is 0 Å². The van der Waals surface area contributed by atoms with Crippen LogP contribution in [-0.4, -0.2) is 17.6 Å². The molecule has 5 nitrogen and oxygen atoms in total. The van der Waals surface area contributed by atoms with Crippen LogP contribution in [0.1, 0.15) is 23.9 Å². The van der Waals surface area contributed by atoms with Crippen molar-refractivity contribution < 1.29 is 18.7 Å². The van der Waals surface area contributed by atoms with Crippen LogP contribution < -0.4 is 0 Å². The van der Waals surface area contributed by atoms with Crippen molar-refractivity contribution in [1.29, 1.82) is 0 Å². The topological polar surface area (TPSA) is 61.6 Å². The van der Waals surface area contributed by atoms with Crippen molar-refractivity contribution in [1.82, 2.24) is 4.98 Å². The number of rotatable bonds is 8. The highest BCUT2D eigenvalue weighted by Crippen LogP contribution is 2.35. The molecule has 0 fully saturated rings. The van der Waals surface area contributed by atoms with E-state index in [-0.39, 0.29) is 6.61 Å². The number of esters is 1. The van der Waals surface area contributed by atoms with Gasteiger partial charge >= 0.3 is 5.97 Å². The SMILES string of the molecule is CCOC(C(=O)OCc1ncc(-c2ccccc2)o1)(c1ccccc1)c1ccccc1. The summed E-state index contributed by atoms with van der Waals surface area (Å²) in [5.41, 5.74) is 0.923. The van der Waals surface area contributed by atoms with Gasteiger partial charge in [0.05, 0.1) is 6.20 Å². The maximum Gasteiger partial charge on any atom is 0.348 e. The Morgan fingerprint density at radius 2 is 1.42 bits per heavy atom. The number of benzene rings is 3. The monoisotopic (exact) mass is 413 g/mol. The lowest BCUT2D eigenvalue weighted by Crippen LogP contribution is -2.41. The van der Waals surface area contributed by atoms with Crippen molar-refractivity contribution in [3.63, 3.8) is 0 Å². The molecule has 0 radical (unpaired) electrons. The number of carbonyl (C=O) groups excluding carboxylic acids is 1. The smallest absolute Gasteiger partial charge is 0.348 e. The summed E-state index contributed by atoms with van der Waals surface area (Å²) in [6, 6.07) is 28.4. The van der Waals surface area contributed by atoms with E-state index >= 15 is 0 Å². The molecule has 0 saturated carbocycles. The molecule has 1 aromatic heterocycles. The van der Waals surface area contributed by atoms with Crippen LogP contribution >= 0.6 is 0 Å². The van der Waals surface area contributed by atoms with Gasteiger partial charge in [-0.3, -0.25) is 0 Å². The molecular weight excluding hydrogens is 390 g/mol. The summed E-state index contributed by atoms with van der Waals surface area (Å²) in [4.78, 5) is 17.7. The Balaban J connectivity index is 1.62. The number of hydrogen-bond donors (Lipinski definition) is 0. The van der Waals surface area contributed by atoms with Gasteiger partial charge in [0.2, 0.25) is 11.5 Å². The summed E-state index contributed by atoms with van der Waals surface area (Å²) in [7, 11) is 0. The van der Waals surface area contributed by atoms with Crippen LogP contribution in [0.2, 0.25) is 0 Å². The highest BCUT2D eigenvalue weighted by molar-refractivity contribution is 5.85. The first kappa shape index (κ1) is 20.6. The average molecular weight is 413 g/mol. The Hall–Kier alpha value is -3.70. The van der Waals surface area contributed by atoms with E-state index < -0.39 is 11.6 Å². The van der Waals surface area contributed by atoms with Gasteiger partial charge in [-0.15, -0.1) is 0 Å². The largest absolute Gasteiger partial charge is 0.453 e. The highest BCUT2D eigenvalue weighted by atomic mass is 16.6. The minimum atomic E-state index is -1.38. The van der Waals surface area contributed by atoms with Crippen molar-refractivity contribution in [2.24, 2.45) is 0 Å². The van der Waals surface area contributed by atoms with Crippen LogP contribution in [0.25, 0.3) is 11.3 Å². The van der Waals surface area contributed by atoms with E-state index in [9.17, 15) is 4.79 Å². The molecule has 156 valence electrons. The molecule has 0 aliphatic carbocycles. The van der Waals surface area contributed by atoms with E-state index in [1.165, 1.54) is 0 Å². The molecule has 0 bridgehead atoms. The van der Waals surface area contributed by atoms with Crippen LogP contribution in [0.5, 0.6) is 0 Å². The quantitative estimate of drug-likeness (QED) is 0.364. The molecule has 0 atom stereocenters. The molecule has 3 aromatic carbocycles. The van der Waals surface area contributed by atoms with Crippen LogP contribution in [0, 0.1) is 0 Å². The molecule has 0 N–H and O–H groups in total. The predicted molar refractivity (Wildman–Crippen MR) is 117 cm³/mol. The second kappa shape index (κ2) is 9.41. The fraction of sp³-hybridized carbons (Fsp3) is 0.154. The summed E-state index contributed by atoms with van der Waals surface area (Å²) in [5, 5.41) is 0. The summed E-state index contributed by atoms with van der Waals surface area (Å²) in [6.07, 6.45) is 1.63. The van der Waals surface area contributed by atoms with E-state index in [1.54, 1.807) is 6.20 Å². The fourth-order valence-electron chi connectivity index (χ4n) is 3.53. The molecule has 31 heavy (non-hydrogen) atoms. The van der Waals surface area contributed by atoms with Crippen LogP contribution in [-0.2, 0) is 26.5 Å². The zero-order valence-electron chi connectivity index (χ0n) is 17.2. The minimum absolute atomic E-state index is 0.0971. The standard InChI is InChI=1S/C26H23NO4/c1-2-30-26(21-14-8-4-9-15-21,22-16-10-5-11-17-22)25(28)29-19-24-27-18-23(31-24)20-12-6-3-7-13-20/h3-18H,2,19H2,1H3. The lowest BCUT2D eigenvalue weighted by atomic mass is 9.86. The third-order valence-electron chi connectivity index (χ3n) is 4.95. The molecule has 4 aromatic rings. The van der Waals surface area contributed by atoms with Gasteiger partial charge in [-0.2, -0.15) is 0 Å². The predicted octanol–water partition coefficient (Wildman–Crippen LogP) is 5.37. The van der Waals surface area contributed by atoms with E-state index in [0.29, 0.717) is 29.4 Å². The summed E-state index contributed by atoms with van der Waals surface area (Å²) in [5.74, 6) is 0.416. The molecular formula is C26H23NO4. The normalized spacial score (nSPS) is 11.3. The van der Waals surface area contributed by atoms with Crippen LogP contribution in [0.4, 0.5) is 0 Å². The molecule has 0 amide bonds. The lowest BCUT2D eigenvalue weighted by molar-refractivity contribution is -0.170. The molecule has 0 spiro atoms. The molecule has 5 heteroatoms. The minimum Gasteiger partial charge on any atom is -0.453 e. The average Bonchev–Trinajstić information content (AvgIpc) is 3.32. The van der Waals surface area contributed by atoms with E-state index in [2.05, 4.69) is 4.98 Å². The van der Waals surface area contributed by atoms with Crippen molar-refractivity contribution in [2.75, 3.05) is 6.61 Å². The van der Waals surface area contributed by atoms with Gasteiger partial charge in [-0.1, -0.05) is 91.0 Å². The molecule has 0 aliphatic rings. The van der Waals surface area contributed by atoms with E-state index in [4.69, 9.17) is 13.9 Å². The number of ether oxygens (including phenoxy) is 2. The first-order valence-corrected chi connectivity index (χ1v) is 10.2. The summed E-state index contributed by atoms with van der Waals surface area (Å²) in [6.45, 7) is 2.09. The van der Waals surface area contributed by atoms with Gasteiger partial charge < -0.3 is 13.9 Å². The number of carbonyl (C=O) groups is 1. The Morgan fingerprint density at radius 3 is 1.97 bits per heavy atom. The van der Waals surface area contributed by atoms with Gasteiger partial charge in [-0.25, -0.2) is 9.78 Å². The Bertz CT molecular complexity index is 1070. The molecule has 4 rings (SSSR count). The Morgan fingerprint density at radius 1 is 0.871 bits per heavy atom. The van der Waals surface area contributed by atoms with Crippen molar-refractivity contribution >= 4 is 5.97 Å². The lowest BCUT2D eigenvalue weighted by Gasteiger charge is -2.32. The molecule has 0 unspecified atom stereocenters. The maximum atomic E-state index is 13.5. The molecule has 0 aliphatic heterocycles. The molecule has 1 heterocycles. The molecule has 0 saturated heterocycles. The first-order valence-electron chi connectivity index (χ1n) is 10.2. The van der Waals surface area contributed by atoms with E-state index in [1.807, 2.05) is 97.9 Å². The third-order valence-corrected chi connectivity index (χ3v) is 4.95. The van der Waals surface area contributed by atoms with Gasteiger partial charge in [-0.05, 0) is 18.1 Å². The van der Waals surface area contributed by atoms with E-state index in [0.717, 1.165) is 5.56 Å². The number of aromatic nitrogens is 1. The maximum absolute atomic E-state index is 13.5. The number of nitrogens with zero attached hydrogens (tertiary/aromatic N) is 1. The van der Waals surface area contributed by atoms with Gasteiger partial charge in [0.1, 0.15) is 0 Å². The van der Waals surface area contributed by atoms with Gasteiger partial charge in [0.15, 0.2) is 12.4 Å². The highest BCUT2D eigenvalue weighted by Gasteiger charge is 2.45. The fourth-order valence-corrected chi connectivity index (χ4v) is 3.53. The second-order valence-electron chi connectivity index (χ2n) is 6.91.